The van der Waals surface area contributed by atoms with Crippen LogP contribution in [0.3, 0.4) is 0 Å². The van der Waals surface area contributed by atoms with Crippen LogP contribution in [-0.4, -0.2) is 26.4 Å². The van der Waals surface area contributed by atoms with Gasteiger partial charge in [-0.3, -0.25) is 0 Å². The minimum Gasteiger partial charge on any atom is -0.493 e. The van der Waals surface area contributed by atoms with Gasteiger partial charge >= 0.3 is 0 Å². The van der Waals surface area contributed by atoms with Crippen LogP contribution in [0.4, 0.5) is 0 Å². The summed E-state index contributed by atoms with van der Waals surface area (Å²) in [6.45, 7) is 0. The molecule has 0 amide bonds. The second-order valence-corrected chi connectivity index (χ2v) is 5.63. The van der Waals surface area contributed by atoms with Crippen LogP contribution >= 0.6 is 0 Å². The lowest BCUT2D eigenvalue weighted by atomic mass is 9.88. The fourth-order valence-electron chi connectivity index (χ4n) is 2.97. The van der Waals surface area contributed by atoms with Crippen LogP contribution < -0.4 is 14.2 Å². The van der Waals surface area contributed by atoms with E-state index in [0.29, 0.717) is 17.2 Å². The fraction of sp³-hybridized carbons (Fsp3) is 0.556. The molecule has 4 nitrogen and oxygen atoms in total. The van der Waals surface area contributed by atoms with E-state index in [1.807, 2.05) is 12.1 Å². The molecule has 0 bridgehead atoms. The van der Waals surface area contributed by atoms with E-state index < -0.39 is 6.10 Å². The Labute approximate surface area is 132 Å². The largest absolute Gasteiger partial charge is 0.493 e. The fourth-order valence-corrected chi connectivity index (χ4v) is 2.97. The highest BCUT2D eigenvalue weighted by Gasteiger charge is 2.23. The zero-order chi connectivity index (χ0) is 15.9. The minimum absolute atomic E-state index is 0.128. The first-order valence-corrected chi connectivity index (χ1v) is 7.86. The number of benzene rings is 1. The standard InChI is InChI=1S/C18H26O4/c1-20-15-11-14(12-16(21-2)18(15)22-3)17(19)13-9-7-5-4-6-8-10-13/h7,9,11-13,17,19H,4-6,8,10H2,1-3H3/b9-7-. The van der Waals surface area contributed by atoms with Crippen LogP contribution in [0.2, 0.25) is 0 Å². The Morgan fingerprint density at radius 2 is 1.68 bits per heavy atom. The minimum atomic E-state index is -0.567. The van der Waals surface area contributed by atoms with E-state index in [4.69, 9.17) is 14.2 Å². The van der Waals surface area contributed by atoms with Gasteiger partial charge in [0.1, 0.15) is 0 Å². The third kappa shape index (κ3) is 3.74. The van der Waals surface area contributed by atoms with Crippen LogP contribution in [0.5, 0.6) is 17.2 Å². The lowest BCUT2D eigenvalue weighted by molar-refractivity contribution is 0.123. The summed E-state index contributed by atoms with van der Waals surface area (Å²) in [6, 6.07) is 3.66. The molecule has 2 atom stereocenters. The van der Waals surface area contributed by atoms with E-state index in [0.717, 1.165) is 24.8 Å². The molecule has 122 valence electrons. The van der Waals surface area contributed by atoms with Crippen molar-refractivity contribution >= 4 is 0 Å². The maximum Gasteiger partial charge on any atom is 0.203 e. The quantitative estimate of drug-likeness (QED) is 0.839. The van der Waals surface area contributed by atoms with Crippen molar-refractivity contribution in [2.45, 2.75) is 38.2 Å². The Kier molecular flexibility index (Phi) is 6.13. The van der Waals surface area contributed by atoms with Gasteiger partial charge in [0.2, 0.25) is 5.75 Å². The molecule has 0 radical (unpaired) electrons. The molecule has 0 saturated carbocycles. The Hall–Kier alpha value is -1.68. The molecule has 4 heteroatoms. The normalized spacial score (nSPS) is 21.4. The molecule has 1 aliphatic carbocycles. The number of allylic oxidation sites excluding steroid dienone is 1. The van der Waals surface area contributed by atoms with Gasteiger partial charge in [-0.1, -0.05) is 25.0 Å². The lowest BCUT2D eigenvalue weighted by Gasteiger charge is -2.23. The molecule has 2 unspecified atom stereocenters. The molecule has 2 rings (SSSR count). The molecule has 1 aliphatic rings. The molecule has 22 heavy (non-hydrogen) atoms. The highest BCUT2D eigenvalue weighted by Crippen LogP contribution is 2.41. The SMILES string of the molecule is COc1cc(C(O)C2/C=C\CCCCC2)cc(OC)c1OC. The number of ether oxygens (including phenoxy) is 3. The van der Waals surface area contributed by atoms with Crippen molar-refractivity contribution < 1.29 is 19.3 Å². The van der Waals surface area contributed by atoms with Crippen molar-refractivity contribution in [3.05, 3.63) is 29.8 Å². The van der Waals surface area contributed by atoms with Crippen LogP contribution in [0.15, 0.2) is 24.3 Å². The summed E-state index contributed by atoms with van der Waals surface area (Å²) in [6.07, 6.45) is 9.47. The number of methoxy groups -OCH3 is 3. The van der Waals surface area contributed by atoms with Crippen LogP contribution in [0.25, 0.3) is 0 Å². The van der Waals surface area contributed by atoms with Crippen molar-refractivity contribution in [2.75, 3.05) is 21.3 Å². The Morgan fingerprint density at radius 3 is 2.27 bits per heavy atom. The third-order valence-corrected chi connectivity index (χ3v) is 4.23. The van der Waals surface area contributed by atoms with E-state index >= 15 is 0 Å². The molecule has 0 saturated heterocycles. The second kappa shape index (κ2) is 8.08. The first kappa shape index (κ1) is 16.7. The smallest absolute Gasteiger partial charge is 0.203 e. The van der Waals surface area contributed by atoms with E-state index in [-0.39, 0.29) is 5.92 Å². The van der Waals surface area contributed by atoms with Crippen LogP contribution in [0, 0.1) is 5.92 Å². The first-order chi connectivity index (χ1) is 10.7. The highest BCUT2D eigenvalue weighted by atomic mass is 16.5. The van der Waals surface area contributed by atoms with Crippen molar-refractivity contribution in [3.8, 4) is 17.2 Å². The van der Waals surface area contributed by atoms with Crippen molar-refractivity contribution in [2.24, 2.45) is 5.92 Å². The number of aliphatic hydroxyl groups excluding tert-OH is 1. The Morgan fingerprint density at radius 1 is 1.00 bits per heavy atom. The van der Waals surface area contributed by atoms with Crippen molar-refractivity contribution in [3.63, 3.8) is 0 Å². The maximum atomic E-state index is 10.8. The van der Waals surface area contributed by atoms with Gasteiger partial charge in [0.25, 0.3) is 0 Å². The predicted molar refractivity (Wildman–Crippen MR) is 86.8 cm³/mol. The summed E-state index contributed by atoms with van der Waals surface area (Å²) in [7, 11) is 4.75. The molecule has 0 fully saturated rings. The average Bonchev–Trinajstić information content (AvgIpc) is 2.52. The number of rotatable bonds is 5. The average molecular weight is 306 g/mol. The van der Waals surface area contributed by atoms with E-state index in [1.165, 1.54) is 12.8 Å². The summed E-state index contributed by atoms with van der Waals surface area (Å²) in [5, 5.41) is 10.8. The number of aliphatic hydroxyl groups is 1. The molecule has 0 aliphatic heterocycles. The molecule has 0 aromatic heterocycles. The zero-order valence-electron chi connectivity index (χ0n) is 13.7. The molecule has 1 aromatic carbocycles. The van der Waals surface area contributed by atoms with Gasteiger partial charge in [0.15, 0.2) is 11.5 Å². The van der Waals surface area contributed by atoms with Crippen molar-refractivity contribution in [1.29, 1.82) is 0 Å². The third-order valence-electron chi connectivity index (χ3n) is 4.23. The van der Waals surface area contributed by atoms with Gasteiger partial charge < -0.3 is 19.3 Å². The van der Waals surface area contributed by atoms with Gasteiger partial charge in [0.05, 0.1) is 27.4 Å². The molecule has 1 aromatic rings. The molecule has 0 heterocycles. The summed E-state index contributed by atoms with van der Waals surface area (Å²) in [4.78, 5) is 0. The Balaban J connectivity index is 2.31. The van der Waals surface area contributed by atoms with Crippen LogP contribution in [0.1, 0.15) is 43.8 Å². The van der Waals surface area contributed by atoms with Gasteiger partial charge in [-0.2, -0.15) is 0 Å². The van der Waals surface area contributed by atoms with Gasteiger partial charge in [-0.25, -0.2) is 0 Å². The first-order valence-electron chi connectivity index (χ1n) is 7.86. The van der Waals surface area contributed by atoms with E-state index in [2.05, 4.69) is 12.2 Å². The van der Waals surface area contributed by atoms with Gasteiger partial charge in [-0.15, -0.1) is 0 Å². The lowest BCUT2D eigenvalue weighted by Crippen LogP contribution is -2.12. The van der Waals surface area contributed by atoms with E-state index in [9.17, 15) is 5.11 Å². The summed E-state index contributed by atoms with van der Waals surface area (Å²) in [5.41, 5.74) is 0.796. The monoisotopic (exact) mass is 306 g/mol. The predicted octanol–water partition coefficient (Wildman–Crippen LogP) is 3.88. The summed E-state index contributed by atoms with van der Waals surface area (Å²) >= 11 is 0. The number of hydrogen-bond donors (Lipinski definition) is 1. The maximum absolute atomic E-state index is 10.8. The molecule has 0 spiro atoms. The second-order valence-electron chi connectivity index (χ2n) is 5.63. The topological polar surface area (TPSA) is 47.9 Å². The van der Waals surface area contributed by atoms with Gasteiger partial charge in [0, 0.05) is 5.92 Å². The molecule has 1 N–H and O–H groups in total. The molecular weight excluding hydrogens is 280 g/mol. The number of hydrogen-bond acceptors (Lipinski definition) is 4. The van der Waals surface area contributed by atoms with Crippen LogP contribution in [-0.2, 0) is 0 Å². The Bertz CT molecular complexity index is 485. The molecular formula is C18H26O4. The summed E-state index contributed by atoms with van der Waals surface area (Å²) in [5.74, 6) is 1.83. The van der Waals surface area contributed by atoms with Crippen molar-refractivity contribution in [1.82, 2.24) is 0 Å². The van der Waals surface area contributed by atoms with E-state index in [1.54, 1.807) is 21.3 Å². The highest BCUT2D eigenvalue weighted by molar-refractivity contribution is 5.54. The zero-order valence-corrected chi connectivity index (χ0v) is 13.7. The summed E-state index contributed by atoms with van der Waals surface area (Å²) < 4.78 is 16.1. The van der Waals surface area contributed by atoms with Gasteiger partial charge in [-0.05, 0) is 37.0 Å².